The summed E-state index contributed by atoms with van der Waals surface area (Å²) >= 11 is 0. The molecule has 0 aromatic rings. The first kappa shape index (κ1) is 10.5. The van der Waals surface area contributed by atoms with E-state index in [0.717, 1.165) is 6.08 Å². The summed E-state index contributed by atoms with van der Waals surface area (Å²) in [6.45, 7) is 3.27. The van der Waals surface area contributed by atoms with Crippen LogP contribution in [0.1, 0.15) is 0 Å². The molecule has 1 rings (SSSR count). The predicted octanol–water partition coefficient (Wildman–Crippen LogP) is 1.94. The van der Waals surface area contributed by atoms with E-state index in [-0.39, 0.29) is 11.4 Å². The second-order valence-corrected chi connectivity index (χ2v) is 2.45. The van der Waals surface area contributed by atoms with Crippen LogP contribution < -0.4 is 5.48 Å². The van der Waals surface area contributed by atoms with Crippen LogP contribution in [0.25, 0.3) is 0 Å². The standard InChI is InChI=1S/C8H7F3N2O/c1-2-3-5-6(8(9,10)11)4-12-7(5)13-14/h2-4,14H,1H2,(H,12,13)/b5-3-. The molecule has 0 saturated carbocycles. The number of nitrogens with zero attached hydrogens (tertiary/aromatic N) is 1. The summed E-state index contributed by atoms with van der Waals surface area (Å²) in [5, 5.41) is 8.49. The largest absolute Gasteiger partial charge is 0.418 e. The number of allylic oxidation sites excluding steroid dienone is 2. The minimum atomic E-state index is -4.49. The van der Waals surface area contributed by atoms with Crippen LogP contribution in [0.2, 0.25) is 0 Å². The van der Waals surface area contributed by atoms with Gasteiger partial charge in [0.05, 0.1) is 5.57 Å². The van der Waals surface area contributed by atoms with Crippen molar-refractivity contribution in [2.75, 3.05) is 0 Å². The highest BCUT2D eigenvalue weighted by molar-refractivity contribution is 6.04. The summed E-state index contributed by atoms with van der Waals surface area (Å²) in [4.78, 5) is 3.36. The van der Waals surface area contributed by atoms with Gasteiger partial charge in [0, 0.05) is 11.8 Å². The number of alkyl halides is 3. The Balaban J connectivity index is 3.06. The van der Waals surface area contributed by atoms with Gasteiger partial charge in [0.25, 0.3) is 0 Å². The molecule has 0 aromatic heterocycles. The lowest BCUT2D eigenvalue weighted by molar-refractivity contribution is -0.0887. The SMILES string of the molecule is C=C/C=C1/C(C(F)(F)F)=CN=C1NO. The van der Waals surface area contributed by atoms with Gasteiger partial charge in [-0.25, -0.2) is 4.99 Å². The number of aliphatic imine (C=N–C) groups is 1. The van der Waals surface area contributed by atoms with Gasteiger partial charge in [0.2, 0.25) is 0 Å². The molecule has 14 heavy (non-hydrogen) atoms. The number of nitrogens with one attached hydrogen (secondary N) is 1. The molecule has 0 aromatic carbocycles. The Morgan fingerprint density at radius 3 is 2.57 bits per heavy atom. The summed E-state index contributed by atoms with van der Waals surface area (Å²) in [5.74, 6) is -0.239. The van der Waals surface area contributed by atoms with Crippen molar-refractivity contribution in [3.8, 4) is 0 Å². The molecule has 0 bridgehead atoms. The summed E-state index contributed by atoms with van der Waals surface area (Å²) in [6.07, 6.45) is -1.54. The lowest BCUT2D eigenvalue weighted by atomic mass is 10.1. The van der Waals surface area contributed by atoms with Crippen LogP contribution in [-0.4, -0.2) is 17.2 Å². The minimum Gasteiger partial charge on any atom is -0.290 e. The van der Waals surface area contributed by atoms with E-state index in [1.54, 1.807) is 5.48 Å². The molecule has 6 heteroatoms. The van der Waals surface area contributed by atoms with Crippen LogP contribution in [-0.2, 0) is 0 Å². The van der Waals surface area contributed by atoms with Crippen molar-refractivity contribution >= 4 is 5.84 Å². The third kappa shape index (κ3) is 1.85. The van der Waals surface area contributed by atoms with E-state index >= 15 is 0 Å². The van der Waals surface area contributed by atoms with E-state index in [0.29, 0.717) is 6.20 Å². The normalized spacial score (nSPS) is 19.3. The Morgan fingerprint density at radius 2 is 2.14 bits per heavy atom. The lowest BCUT2D eigenvalue weighted by Gasteiger charge is -2.10. The molecular formula is C8H7F3N2O. The molecular weight excluding hydrogens is 197 g/mol. The molecule has 1 aliphatic heterocycles. The molecule has 2 N–H and O–H groups in total. The fraction of sp³-hybridized carbons (Fsp3) is 0.125. The third-order valence-corrected chi connectivity index (χ3v) is 1.56. The Morgan fingerprint density at radius 1 is 1.50 bits per heavy atom. The van der Waals surface area contributed by atoms with Gasteiger partial charge in [-0.2, -0.15) is 13.2 Å². The van der Waals surface area contributed by atoms with Crippen LogP contribution in [0.4, 0.5) is 13.2 Å². The van der Waals surface area contributed by atoms with Gasteiger partial charge in [-0.15, -0.1) is 0 Å². The fourth-order valence-corrected chi connectivity index (χ4v) is 0.997. The molecule has 0 radical (unpaired) electrons. The van der Waals surface area contributed by atoms with Crippen molar-refractivity contribution in [1.29, 1.82) is 0 Å². The first-order valence-electron chi connectivity index (χ1n) is 3.59. The highest BCUT2D eigenvalue weighted by Gasteiger charge is 2.39. The van der Waals surface area contributed by atoms with Crippen LogP contribution >= 0.6 is 0 Å². The molecule has 0 saturated heterocycles. The Labute approximate surface area is 77.9 Å². The maximum atomic E-state index is 12.3. The van der Waals surface area contributed by atoms with Gasteiger partial charge >= 0.3 is 6.18 Å². The van der Waals surface area contributed by atoms with E-state index in [9.17, 15) is 13.2 Å². The van der Waals surface area contributed by atoms with E-state index < -0.39 is 11.7 Å². The van der Waals surface area contributed by atoms with Crippen molar-refractivity contribution < 1.29 is 18.4 Å². The van der Waals surface area contributed by atoms with Crippen molar-refractivity contribution in [1.82, 2.24) is 5.48 Å². The fourth-order valence-electron chi connectivity index (χ4n) is 0.997. The van der Waals surface area contributed by atoms with Crippen molar-refractivity contribution in [2.45, 2.75) is 6.18 Å². The average molecular weight is 204 g/mol. The summed E-state index contributed by atoms with van der Waals surface area (Å²) in [6, 6.07) is 0. The zero-order chi connectivity index (χ0) is 10.8. The molecule has 0 atom stereocenters. The average Bonchev–Trinajstić information content (AvgIpc) is 2.47. The molecule has 0 fully saturated rings. The molecule has 3 nitrogen and oxygen atoms in total. The molecule has 1 heterocycles. The van der Waals surface area contributed by atoms with E-state index in [2.05, 4.69) is 11.6 Å². The monoisotopic (exact) mass is 204 g/mol. The number of hydrogen-bond acceptors (Lipinski definition) is 3. The van der Waals surface area contributed by atoms with Gasteiger partial charge in [0.15, 0.2) is 5.84 Å². The van der Waals surface area contributed by atoms with Crippen LogP contribution in [0.3, 0.4) is 0 Å². The zero-order valence-corrected chi connectivity index (χ0v) is 6.97. The Hall–Kier alpha value is -1.56. The molecule has 1 aliphatic rings. The van der Waals surface area contributed by atoms with Gasteiger partial charge in [0.1, 0.15) is 0 Å². The van der Waals surface area contributed by atoms with Crippen LogP contribution in [0, 0.1) is 0 Å². The highest BCUT2D eigenvalue weighted by atomic mass is 19.4. The predicted molar refractivity (Wildman–Crippen MR) is 44.8 cm³/mol. The molecule has 76 valence electrons. The number of rotatable bonds is 1. The van der Waals surface area contributed by atoms with Gasteiger partial charge in [-0.1, -0.05) is 18.7 Å². The summed E-state index contributed by atoms with van der Waals surface area (Å²) in [5.41, 5.74) is 0.448. The molecule has 0 aliphatic carbocycles. The maximum Gasteiger partial charge on any atom is 0.418 e. The quantitative estimate of drug-likeness (QED) is 0.641. The second-order valence-electron chi connectivity index (χ2n) is 2.45. The highest BCUT2D eigenvalue weighted by Crippen LogP contribution is 2.34. The third-order valence-electron chi connectivity index (χ3n) is 1.56. The summed E-state index contributed by atoms with van der Waals surface area (Å²) in [7, 11) is 0. The molecule has 0 spiro atoms. The van der Waals surface area contributed by atoms with Gasteiger partial charge in [-0.3, -0.25) is 10.7 Å². The summed E-state index contributed by atoms with van der Waals surface area (Å²) < 4.78 is 37.0. The van der Waals surface area contributed by atoms with Gasteiger partial charge in [-0.05, 0) is 0 Å². The number of amidine groups is 1. The second kappa shape index (κ2) is 3.67. The first-order chi connectivity index (χ1) is 6.50. The molecule has 0 amide bonds. The van der Waals surface area contributed by atoms with Gasteiger partial charge < -0.3 is 0 Å². The Kier molecular flexibility index (Phi) is 2.76. The lowest BCUT2D eigenvalue weighted by Crippen LogP contribution is -2.23. The van der Waals surface area contributed by atoms with Crippen molar-refractivity contribution in [3.05, 3.63) is 36.1 Å². The number of hydroxylamine groups is 1. The topological polar surface area (TPSA) is 44.6 Å². The van der Waals surface area contributed by atoms with E-state index in [1.807, 2.05) is 0 Å². The van der Waals surface area contributed by atoms with E-state index in [1.165, 1.54) is 6.08 Å². The van der Waals surface area contributed by atoms with Crippen LogP contribution in [0.15, 0.2) is 41.1 Å². The number of halogens is 3. The number of hydrogen-bond donors (Lipinski definition) is 2. The maximum absolute atomic E-state index is 12.3. The van der Waals surface area contributed by atoms with Crippen molar-refractivity contribution in [2.24, 2.45) is 4.99 Å². The first-order valence-corrected chi connectivity index (χ1v) is 3.59. The Bertz CT molecular complexity index is 339. The van der Waals surface area contributed by atoms with Crippen LogP contribution in [0.5, 0.6) is 0 Å². The molecule has 0 unspecified atom stereocenters. The van der Waals surface area contributed by atoms with E-state index in [4.69, 9.17) is 5.21 Å². The van der Waals surface area contributed by atoms with Crippen molar-refractivity contribution in [3.63, 3.8) is 0 Å². The smallest absolute Gasteiger partial charge is 0.290 e. The zero-order valence-electron chi connectivity index (χ0n) is 6.97. The minimum absolute atomic E-state index is 0.227.